The smallest absolute Gasteiger partial charge is 0.140 e. The molecule has 128 valence electrons. The SMILES string of the molecule is Cc1ccc(C(O)(c2ccccc2)c2ccccc2C(C)O)cc1C. The highest BCUT2D eigenvalue weighted by atomic mass is 16.3. The molecule has 0 spiro atoms. The minimum atomic E-state index is -1.33. The molecule has 2 unspecified atom stereocenters. The van der Waals surface area contributed by atoms with E-state index < -0.39 is 11.7 Å². The molecule has 0 radical (unpaired) electrons. The third kappa shape index (κ3) is 3.11. The Labute approximate surface area is 149 Å². The van der Waals surface area contributed by atoms with E-state index in [9.17, 15) is 10.2 Å². The van der Waals surface area contributed by atoms with Gasteiger partial charge in [-0.2, -0.15) is 0 Å². The lowest BCUT2D eigenvalue weighted by molar-refractivity contribution is 0.118. The molecular weight excluding hydrogens is 308 g/mol. The van der Waals surface area contributed by atoms with Crippen LogP contribution in [-0.2, 0) is 5.60 Å². The number of aliphatic hydroxyl groups excluding tert-OH is 1. The Hall–Kier alpha value is -2.42. The summed E-state index contributed by atoms with van der Waals surface area (Å²) in [5, 5.41) is 22.2. The van der Waals surface area contributed by atoms with E-state index >= 15 is 0 Å². The molecule has 3 aromatic carbocycles. The van der Waals surface area contributed by atoms with Crippen LogP contribution >= 0.6 is 0 Å². The highest BCUT2D eigenvalue weighted by Crippen LogP contribution is 2.40. The highest BCUT2D eigenvalue weighted by Gasteiger charge is 2.36. The van der Waals surface area contributed by atoms with Crippen molar-refractivity contribution in [3.05, 3.63) is 106 Å². The lowest BCUT2D eigenvalue weighted by Gasteiger charge is -2.33. The molecule has 3 rings (SSSR count). The first-order valence-corrected chi connectivity index (χ1v) is 8.57. The molecule has 0 saturated heterocycles. The van der Waals surface area contributed by atoms with Crippen molar-refractivity contribution in [3.63, 3.8) is 0 Å². The molecule has 2 N–H and O–H groups in total. The van der Waals surface area contributed by atoms with Gasteiger partial charge in [-0.15, -0.1) is 0 Å². The fraction of sp³-hybridized carbons (Fsp3) is 0.217. The van der Waals surface area contributed by atoms with E-state index in [1.807, 2.05) is 79.7 Å². The molecule has 0 aliphatic rings. The Morgan fingerprint density at radius 3 is 2.04 bits per heavy atom. The van der Waals surface area contributed by atoms with Crippen molar-refractivity contribution in [2.24, 2.45) is 0 Å². The maximum Gasteiger partial charge on any atom is 0.140 e. The fourth-order valence-electron chi connectivity index (χ4n) is 3.31. The summed E-state index contributed by atoms with van der Waals surface area (Å²) in [5.41, 5.74) is 4.00. The average molecular weight is 332 g/mol. The van der Waals surface area contributed by atoms with Gasteiger partial charge in [-0.05, 0) is 54.2 Å². The fourth-order valence-corrected chi connectivity index (χ4v) is 3.31. The largest absolute Gasteiger partial charge is 0.389 e. The number of rotatable bonds is 4. The highest BCUT2D eigenvalue weighted by molar-refractivity contribution is 5.51. The topological polar surface area (TPSA) is 40.5 Å². The van der Waals surface area contributed by atoms with E-state index in [2.05, 4.69) is 6.92 Å². The first-order chi connectivity index (χ1) is 11.9. The van der Waals surface area contributed by atoms with E-state index in [1.165, 1.54) is 5.56 Å². The Kier molecular flexibility index (Phi) is 4.76. The molecule has 0 bridgehead atoms. The molecule has 2 atom stereocenters. The van der Waals surface area contributed by atoms with Crippen LogP contribution in [0.4, 0.5) is 0 Å². The van der Waals surface area contributed by atoms with Crippen molar-refractivity contribution in [2.45, 2.75) is 32.5 Å². The summed E-state index contributed by atoms with van der Waals surface area (Å²) in [6, 6.07) is 23.2. The van der Waals surface area contributed by atoms with Crippen LogP contribution in [-0.4, -0.2) is 10.2 Å². The summed E-state index contributed by atoms with van der Waals surface area (Å²) in [6.07, 6.45) is -0.669. The lowest BCUT2D eigenvalue weighted by Crippen LogP contribution is -2.30. The molecule has 25 heavy (non-hydrogen) atoms. The van der Waals surface area contributed by atoms with Gasteiger partial charge in [0.2, 0.25) is 0 Å². The van der Waals surface area contributed by atoms with Crippen LogP contribution in [0.3, 0.4) is 0 Å². The van der Waals surface area contributed by atoms with Gasteiger partial charge in [0.25, 0.3) is 0 Å². The van der Waals surface area contributed by atoms with E-state index in [0.29, 0.717) is 5.56 Å². The van der Waals surface area contributed by atoms with E-state index in [-0.39, 0.29) is 0 Å². The summed E-state index contributed by atoms with van der Waals surface area (Å²) in [4.78, 5) is 0. The second-order valence-electron chi connectivity index (χ2n) is 6.64. The van der Waals surface area contributed by atoms with Crippen molar-refractivity contribution in [1.82, 2.24) is 0 Å². The molecule has 0 aromatic heterocycles. The summed E-state index contributed by atoms with van der Waals surface area (Å²) in [5.74, 6) is 0. The van der Waals surface area contributed by atoms with E-state index in [1.54, 1.807) is 6.92 Å². The van der Waals surface area contributed by atoms with Gasteiger partial charge >= 0.3 is 0 Å². The van der Waals surface area contributed by atoms with Crippen LogP contribution in [0.5, 0.6) is 0 Å². The Morgan fingerprint density at radius 1 is 0.760 bits per heavy atom. The summed E-state index contributed by atoms with van der Waals surface area (Å²) >= 11 is 0. The van der Waals surface area contributed by atoms with Gasteiger partial charge in [0.1, 0.15) is 5.60 Å². The minimum absolute atomic E-state index is 0.669. The van der Waals surface area contributed by atoms with Crippen molar-refractivity contribution in [1.29, 1.82) is 0 Å². The maximum absolute atomic E-state index is 12.0. The van der Waals surface area contributed by atoms with Crippen LogP contribution in [0.25, 0.3) is 0 Å². The Bertz CT molecular complexity index is 868. The van der Waals surface area contributed by atoms with Gasteiger partial charge < -0.3 is 10.2 Å². The second kappa shape index (κ2) is 6.83. The predicted molar refractivity (Wildman–Crippen MR) is 102 cm³/mol. The molecule has 2 heteroatoms. The summed E-state index contributed by atoms with van der Waals surface area (Å²) < 4.78 is 0. The van der Waals surface area contributed by atoms with Gasteiger partial charge in [0, 0.05) is 0 Å². The Morgan fingerprint density at radius 2 is 1.40 bits per heavy atom. The van der Waals surface area contributed by atoms with Crippen LogP contribution in [0.1, 0.15) is 46.4 Å². The number of aryl methyl sites for hydroxylation is 2. The third-order valence-electron chi connectivity index (χ3n) is 4.92. The molecule has 0 saturated carbocycles. The van der Waals surface area contributed by atoms with E-state index in [4.69, 9.17) is 0 Å². The van der Waals surface area contributed by atoms with Gasteiger partial charge in [-0.3, -0.25) is 0 Å². The van der Waals surface area contributed by atoms with Crippen LogP contribution in [0.15, 0.2) is 72.8 Å². The number of hydrogen-bond acceptors (Lipinski definition) is 2. The second-order valence-corrected chi connectivity index (χ2v) is 6.64. The normalized spacial score (nSPS) is 14.8. The Balaban J connectivity index is 2.33. The van der Waals surface area contributed by atoms with Gasteiger partial charge in [0.15, 0.2) is 0 Å². The van der Waals surface area contributed by atoms with Gasteiger partial charge in [-0.1, -0.05) is 72.8 Å². The van der Waals surface area contributed by atoms with Crippen LogP contribution in [0.2, 0.25) is 0 Å². The molecule has 3 aromatic rings. The minimum Gasteiger partial charge on any atom is -0.389 e. The lowest BCUT2D eigenvalue weighted by atomic mass is 9.77. The van der Waals surface area contributed by atoms with E-state index in [0.717, 1.165) is 22.3 Å². The first kappa shape index (κ1) is 17.4. The van der Waals surface area contributed by atoms with Crippen molar-refractivity contribution in [3.8, 4) is 0 Å². The van der Waals surface area contributed by atoms with Crippen LogP contribution < -0.4 is 0 Å². The average Bonchev–Trinajstić information content (AvgIpc) is 2.64. The molecule has 0 heterocycles. The molecule has 0 fully saturated rings. The summed E-state index contributed by atoms with van der Waals surface area (Å²) in [6.45, 7) is 5.83. The quantitative estimate of drug-likeness (QED) is 0.683. The standard InChI is InChI=1S/C23H24O2/c1-16-13-14-20(15-17(16)2)23(25,19-9-5-4-6-10-19)22-12-8-7-11-21(22)18(3)24/h4-15,18,24-25H,1-3H3. The maximum atomic E-state index is 12.0. The van der Waals surface area contributed by atoms with Gasteiger partial charge in [-0.25, -0.2) is 0 Å². The van der Waals surface area contributed by atoms with Crippen LogP contribution in [0, 0.1) is 13.8 Å². The number of aliphatic hydroxyl groups is 2. The number of benzene rings is 3. The molecule has 0 amide bonds. The zero-order chi connectivity index (χ0) is 18.0. The third-order valence-corrected chi connectivity index (χ3v) is 4.92. The first-order valence-electron chi connectivity index (χ1n) is 8.57. The molecule has 0 aliphatic heterocycles. The van der Waals surface area contributed by atoms with Crippen molar-refractivity contribution in [2.75, 3.05) is 0 Å². The number of hydrogen-bond donors (Lipinski definition) is 2. The molecular formula is C23H24O2. The zero-order valence-electron chi connectivity index (χ0n) is 14.9. The van der Waals surface area contributed by atoms with Gasteiger partial charge in [0.05, 0.1) is 6.10 Å². The molecule has 2 nitrogen and oxygen atoms in total. The molecule has 0 aliphatic carbocycles. The van der Waals surface area contributed by atoms with Crippen molar-refractivity contribution < 1.29 is 10.2 Å². The zero-order valence-corrected chi connectivity index (χ0v) is 14.9. The monoisotopic (exact) mass is 332 g/mol. The van der Waals surface area contributed by atoms with Crippen molar-refractivity contribution >= 4 is 0 Å². The summed E-state index contributed by atoms with van der Waals surface area (Å²) in [7, 11) is 0. The predicted octanol–water partition coefficient (Wildman–Crippen LogP) is 4.64.